The Hall–Kier alpha value is -1.23. The fraction of sp³-hybridized carbons (Fsp3) is 0.545. The highest BCUT2D eigenvalue weighted by Gasteiger charge is 2.49. The third-order valence-electron chi connectivity index (χ3n) is 3.07. The fourth-order valence-electron chi connectivity index (χ4n) is 1.90. The number of nitrogens with one attached hydrogen (secondary N) is 1. The summed E-state index contributed by atoms with van der Waals surface area (Å²) in [5.74, 6) is -0.501. The summed E-state index contributed by atoms with van der Waals surface area (Å²) in [6.45, 7) is 7.58. The van der Waals surface area contributed by atoms with Crippen LogP contribution in [0.15, 0.2) is 12.7 Å². The van der Waals surface area contributed by atoms with E-state index < -0.39 is 5.41 Å². The summed E-state index contributed by atoms with van der Waals surface area (Å²) in [6, 6.07) is 0. The molecule has 2 amide bonds. The highest BCUT2D eigenvalue weighted by molar-refractivity contribution is 7.80. The topological polar surface area (TPSA) is 49.4 Å². The van der Waals surface area contributed by atoms with E-state index in [-0.39, 0.29) is 16.9 Å². The van der Waals surface area contributed by atoms with Gasteiger partial charge in [0.25, 0.3) is 0 Å². The van der Waals surface area contributed by atoms with E-state index >= 15 is 0 Å². The van der Waals surface area contributed by atoms with E-state index in [0.29, 0.717) is 19.4 Å². The van der Waals surface area contributed by atoms with Gasteiger partial charge in [-0.25, -0.2) is 0 Å². The van der Waals surface area contributed by atoms with Crippen molar-refractivity contribution in [2.75, 3.05) is 6.54 Å². The maximum Gasteiger partial charge on any atom is 0.244 e. The third-order valence-corrected chi connectivity index (χ3v) is 3.40. The zero-order valence-corrected chi connectivity index (χ0v) is 10.4. The number of carbonyl (C=O) groups is 2. The molecule has 1 heterocycles. The molecule has 1 rings (SSSR count). The Balaban J connectivity index is 3.11. The highest BCUT2D eigenvalue weighted by Crippen LogP contribution is 2.32. The average molecular weight is 240 g/mol. The molecule has 16 heavy (non-hydrogen) atoms. The minimum absolute atomic E-state index is 0.174. The second-order valence-corrected chi connectivity index (χ2v) is 4.14. The van der Waals surface area contributed by atoms with Crippen molar-refractivity contribution in [3.63, 3.8) is 0 Å². The zero-order chi connectivity index (χ0) is 12.3. The van der Waals surface area contributed by atoms with Crippen LogP contribution in [0, 0.1) is 5.41 Å². The van der Waals surface area contributed by atoms with Crippen LogP contribution in [0.25, 0.3) is 0 Å². The molecule has 1 aliphatic heterocycles. The van der Waals surface area contributed by atoms with Gasteiger partial charge in [-0.2, -0.15) is 0 Å². The van der Waals surface area contributed by atoms with Crippen LogP contribution in [0.5, 0.6) is 0 Å². The minimum Gasteiger partial charge on any atom is -0.302 e. The van der Waals surface area contributed by atoms with Crippen LogP contribution in [0.3, 0.4) is 0 Å². The number of amides is 2. The van der Waals surface area contributed by atoms with E-state index in [1.165, 1.54) is 4.90 Å². The number of rotatable bonds is 4. The molecule has 0 radical (unpaired) electrons. The summed E-state index contributed by atoms with van der Waals surface area (Å²) < 4.78 is 0. The molecule has 0 atom stereocenters. The molecule has 1 aliphatic rings. The van der Waals surface area contributed by atoms with Crippen molar-refractivity contribution in [1.82, 2.24) is 10.2 Å². The SMILES string of the molecule is C=CCN1C(=O)C(CC)(CC)C(=O)NC1=S. The molecule has 0 aromatic carbocycles. The van der Waals surface area contributed by atoms with Crippen LogP contribution in [-0.4, -0.2) is 28.4 Å². The van der Waals surface area contributed by atoms with E-state index in [2.05, 4.69) is 11.9 Å². The van der Waals surface area contributed by atoms with Crippen LogP contribution < -0.4 is 5.32 Å². The van der Waals surface area contributed by atoms with Crippen molar-refractivity contribution >= 4 is 29.1 Å². The molecule has 0 unspecified atom stereocenters. The lowest BCUT2D eigenvalue weighted by Gasteiger charge is -2.39. The summed E-state index contributed by atoms with van der Waals surface area (Å²) in [5, 5.41) is 2.76. The van der Waals surface area contributed by atoms with Gasteiger partial charge in [-0.1, -0.05) is 19.9 Å². The second-order valence-electron chi connectivity index (χ2n) is 3.75. The standard InChI is InChI=1S/C11H16N2O2S/c1-4-7-13-9(15)11(5-2,6-3)8(14)12-10(13)16/h4H,1,5-7H2,2-3H3,(H,12,14,16). The Kier molecular flexibility index (Phi) is 3.80. The number of thiocarbonyl (C=S) groups is 1. The first kappa shape index (κ1) is 12.8. The molecule has 4 nitrogen and oxygen atoms in total. The van der Waals surface area contributed by atoms with Crippen LogP contribution in [-0.2, 0) is 9.59 Å². The van der Waals surface area contributed by atoms with Gasteiger partial charge in [-0.15, -0.1) is 6.58 Å². The summed E-state index contributed by atoms with van der Waals surface area (Å²) in [5.41, 5.74) is -0.967. The average Bonchev–Trinajstić information content (AvgIpc) is 2.26. The van der Waals surface area contributed by atoms with E-state index in [1.54, 1.807) is 6.08 Å². The molecule has 0 saturated carbocycles. The Morgan fingerprint density at radius 3 is 2.44 bits per heavy atom. The van der Waals surface area contributed by atoms with Gasteiger partial charge >= 0.3 is 0 Å². The molecule has 1 fully saturated rings. The smallest absolute Gasteiger partial charge is 0.244 e. The normalized spacial score (nSPS) is 19.6. The number of carbonyl (C=O) groups excluding carboxylic acids is 2. The first-order chi connectivity index (χ1) is 7.53. The highest BCUT2D eigenvalue weighted by atomic mass is 32.1. The molecule has 1 saturated heterocycles. The lowest BCUT2D eigenvalue weighted by molar-refractivity contribution is -0.150. The monoisotopic (exact) mass is 240 g/mol. The van der Waals surface area contributed by atoms with Crippen molar-refractivity contribution in [3.05, 3.63) is 12.7 Å². The molecule has 0 bridgehead atoms. The first-order valence-electron chi connectivity index (χ1n) is 5.31. The zero-order valence-electron chi connectivity index (χ0n) is 9.58. The summed E-state index contributed by atoms with van der Waals surface area (Å²) in [4.78, 5) is 25.5. The maximum absolute atomic E-state index is 12.3. The van der Waals surface area contributed by atoms with Crippen LogP contribution >= 0.6 is 12.2 Å². The Labute approximate surface area is 101 Å². The quantitative estimate of drug-likeness (QED) is 0.457. The van der Waals surface area contributed by atoms with Gasteiger partial charge in [0.2, 0.25) is 11.8 Å². The van der Waals surface area contributed by atoms with E-state index in [1.807, 2.05) is 13.8 Å². The van der Waals surface area contributed by atoms with E-state index in [0.717, 1.165) is 0 Å². The van der Waals surface area contributed by atoms with Crippen molar-refractivity contribution in [2.24, 2.45) is 5.41 Å². The molecule has 0 aromatic rings. The molecule has 88 valence electrons. The van der Waals surface area contributed by atoms with Crippen molar-refractivity contribution in [1.29, 1.82) is 0 Å². The molecule has 0 spiro atoms. The first-order valence-corrected chi connectivity index (χ1v) is 5.72. The van der Waals surface area contributed by atoms with Gasteiger partial charge in [-0.3, -0.25) is 14.5 Å². The summed E-state index contributed by atoms with van der Waals surface area (Å²) in [6.07, 6.45) is 2.55. The van der Waals surface area contributed by atoms with E-state index in [9.17, 15) is 9.59 Å². The van der Waals surface area contributed by atoms with Crippen molar-refractivity contribution < 1.29 is 9.59 Å². The van der Waals surface area contributed by atoms with Gasteiger partial charge in [-0.05, 0) is 25.1 Å². The lowest BCUT2D eigenvalue weighted by Crippen LogP contribution is -2.63. The fourth-order valence-corrected chi connectivity index (χ4v) is 2.15. The summed E-state index contributed by atoms with van der Waals surface area (Å²) >= 11 is 4.97. The second kappa shape index (κ2) is 4.74. The van der Waals surface area contributed by atoms with Crippen LogP contribution in [0.2, 0.25) is 0 Å². The van der Waals surface area contributed by atoms with Gasteiger partial charge in [0, 0.05) is 6.54 Å². The van der Waals surface area contributed by atoms with Crippen molar-refractivity contribution in [2.45, 2.75) is 26.7 Å². The predicted octanol–water partition coefficient (Wildman–Crippen LogP) is 1.22. The Morgan fingerprint density at radius 2 is 2.00 bits per heavy atom. The molecular formula is C11H16N2O2S. The predicted molar refractivity (Wildman–Crippen MR) is 65.7 cm³/mol. The third kappa shape index (κ3) is 1.75. The molecule has 5 heteroatoms. The van der Waals surface area contributed by atoms with Gasteiger partial charge in [0.15, 0.2) is 5.11 Å². The molecule has 1 N–H and O–H groups in total. The Morgan fingerprint density at radius 1 is 1.44 bits per heavy atom. The largest absolute Gasteiger partial charge is 0.302 e. The van der Waals surface area contributed by atoms with Gasteiger partial charge in [0.1, 0.15) is 5.41 Å². The number of hydrogen-bond donors (Lipinski definition) is 1. The lowest BCUT2D eigenvalue weighted by atomic mass is 9.79. The summed E-state index contributed by atoms with van der Waals surface area (Å²) in [7, 11) is 0. The van der Waals surface area contributed by atoms with Crippen molar-refractivity contribution in [3.8, 4) is 0 Å². The molecule has 0 aliphatic carbocycles. The Bertz CT molecular complexity index is 348. The van der Waals surface area contributed by atoms with Gasteiger partial charge in [0.05, 0.1) is 0 Å². The minimum atomic E-state index is -0.967. The number of nitrogens with zero attached hydrogens (tertiary/aromatic N) is 1. The van der Waals surface area contributed by atoms with E-state index in [4.69, 9.17) is 12.2 Å². The van der Waals surface area contributed by atoms with Crippen LogP contribution in [0.4, 0.5) is 0 Å². The molecular weight excluding hydrogens is 224 g/mol. The number of hydrogen-bond acceptors (Lipinski definition) is 3. The van der Waals surface area contributed by atoms with Crippen LogP contribution in [0.1, 0.15) is 26.7 Å². The van der Waals surface area contributed by atoms with Gasteiger partial charge < -0.3 is 5.32 Å². The maximum atomic E-state index is 12.3. The molecule has 0 aromatic heterocycles.